The molecule has 0 radical (unpaired) electrons. The Morgan fingerprint density at radius 1 is 1.23 bits per heavy atom. The minimum Gasteiger partial charge on any atom is -0.462 e. The number of nitrogens with two attached hydrogens (primary N) is 1. The van der Waals surface area contributed by atoms with Crippen LogP contribution in [0.3, 0.4) is 0 Å². The maximum atomic E-state index is 12.6. The maximum Gasteiger partial charge on any atom is 0.343 e. The number of thioether (sulfide) groups is 1. The number of aryl methyl sites for hydroxylation is 1. The highest BCUT2D eigenvalue weighted by molar-refractivity contribution is 7.99. The zero-order valence-electron chi connectivity index (χ0n) is 17.3. The van der Waals surface area contributed by atoms with Gasteiger partial charge in [-0.1, -0.05) is 41.6 Å². The van der Waals surface area contributed by atoms with E-state index in [1.165, 1.54) is 29.1 Å². The van der Waals surface area contributed by atoms with Crippen molar-refractivity contribution in [1.82, 2.24) is 19.8 Å². The lowest BCUT2D eigenvalue weighted by Gasteiger charge is -2.34. The van der Waals surface area contributed by atoms with Crippen LogP contribution in [0.25, 0.3) is 0 Å². The average molecular weight is 430 g/mol. The van der Waals surface area contributed by atoms with E-state index < -0.39 is 5.97 Å². The van der Waals surface area contributed by atoms with Gasteiger partial charge >= 0.3 is 5.97 Å². The van der Waals surface area contributed by atoms with Gasteiger partial charge in [0.2, 0.25) is 5.91 Å². The van der Waals surface area contributed by atoms with Gasteiger partial charge in [0.15, 0.2) is 5.16 Å². The number of hydrogen-bond acceptors (Lipinski definition) is 8. The van der Waals surface area contributed by atoms with Crippen LogP contribution in [-0.4, -0.2) is 70.2 Å². The van der Waals surface area contributed by atoms with E-state index in [4.69, 9.17) is 10.5 Å². The largest absolute Gasteiger partial charge is 0.462 e. The molecule has 1 fully saturated rings. The van der Waals surface area contributed by atoms with Crippen molar-refractivity contribution in [2.45, 2.75) is 25.5 Å². The molecule has 0 saturated carbocycles. The summed E-state index contributed by atoms with van der Waals surface area (Å²) in [6, 6.07) is 8.52. The molecule has 1 aliphatic heterocycles. The summed E-state index contributed by atoms with van der Waals surface area (Å²) >= 11 is 1.22. The molecule has 0 spiro atoms. The number of ether oxygens (including phenoxy) is 1. The molecule has 1 aliphatic rings. The van der Waals surface area contributed by atoms with Crippen LogP contribution >= 0.6 is 11.8 Å². The predicted octanol–water partition coefficient (Wildman–Crippen LogP) is 1.98. The van der Waals surface area contributed by atoms with Crippen molar-refractivity contribution in [3.8, 4) is 0 Å². The van der Waals surface area contributed by atoms with Crippen molar-refractivity contribution in [3.05, 3.63) is 47.2 Å². The Hall–Kier alpha value is -2.65. The lowest BCUT2D eigenvalue weighted by molar-refractivity contribution is -0.130. The molecule has 30 heavy (non-hydrogen) atoms. The number of benzene rings is 1. The summed E-state index contributed by atoms with van der Waals surface area (Å²) in [5.74, 6) is -0.211. The number of esters is 1. The Labute approximate surface area is 180 Å². The first-order valence-corrected chi connectivity index (χ1v) is 10.9. The van der Waals surface area contributed by atoms with Crippen molar-refractivity contribution in [2.24, 2.45) is 0 Å². The molecule has 160 valence electrons. The van der Waals surface area contributed by atoms with Crippen molar-refractivity contribution in [3.63, 3.8) is 0 Å². The third kappa shape index (κ3) is 5.93. The second-order valence-corrected chi connectivity index (χ2v) is 8.05. The number of piperazine rings is 1. The van der Waals surface area contributed by atoms with Gasteiger partial charge in [-0.2, -0.15) is 0 Å². The Morgan fingerprint density at radius 2 is 2.00 bits per heavy atom. The maximum absolute atomic E-state index is 12.6. The van der Waals surface area contributed by atoms with Crippen molar-refractivity contribution >= 4 is 29.5 Å². The molecule has 1 saturated heterocycles. The number of rotatable bonds is 7. The molecule has 1 amide bonds. The van der Waals surface area contributed by atoms with E-state index in [2.05, 4.69) is 46.1 Å². The lowest BCUT2D eigenvalue weighted by atomic mass is 10.1. The number of aromatic nitrogens is 2. The Balaban J connectivity index is 1.46. The summed E-state index contributed by atoms with van der Waals surface area (Å²) in [7, 11) is 0. The number of anilines is 1. The van der Waals surface area contributed by atoms with Crippen LogP contribution in [0.15, 0.2) is 35.6 Å². The molecule has 3 rings (SSSR count). The van der Waals surface area contributed by atoms with Gasteiger partial charge in [-0.15, -0.1) is 0 Å². The van der Waals surface area contributed by atoms with Crippen LogP contribution in [-0.2, 0) is 16.1 Å². The summed E-state index contributed by atoms with van der Waals surface area (Å²) in [6.45, 7) is 8.07. The summed E-state index contributed by atoms with van der Waals surface area (Å²) in [5.41, 5.74) is 8.52. The topological polar surface area (TPSA) is 102 Å². The van der Waals surface area contributed by atoms with Crippen molar-refractivity contribution in [2.75, 3.05) is 44.3 Å². The second-order valence-electron chi connectivity index (χ2n) is 7.11. The van der Waals surface area contributed by atoms with E-state index in [0.717, 1.165) is 19.6 Å². The van der Waals surface area contributed by atoms with Gasteiger partial charge in [-0.05, 0) is 19.4 Å². The first-order chi connectivity index (χ1) is 14.5. The molecule has 9 heteroatoms. The second kappa shape index (κ2) is 10.4. The highest BCUT2D eigenvalue weighted by atomic mass is 32.2. The van der Waals surface area contributed by atoms with Gasteiger partial charge in [0.25, 0.3) is 0 Å². The average Bonchev–Trinajstić information content (AvgIpc) is 2.73. The molecule has 1 aromatic heterocycles. The van der Waals surface area contributed by atoms with Gasteiger partial charge in [-0.25, -0.2) is 14.8 Å². The van der Waals surface area contributed by atoms with Gasteiger partial charge in [0, 0.05) is 38.9 Å². The first kappa shape index (κ1) is 22.0. The molecule has 0 atom stereocenters. The first-order valence-electron chi connectivity index (χ1n) is 9.94. The Morgan fingerprint density at radius 3 is 2.67 bits per heavy atom. The Bertz CT molecular complexity index is 900. The highest BCUT2D eigenvalue weighted by Crippen LogP contribution is 2.18. The summed E-state index contributed by atoms with van der Waals surface area (Å²) in [4.78, 5) is 36.8. The number of carbonyl (C=O) groups excluding carboxylic acids is 2. The minimum atomic E-state index is -0.550. The summed E-state index contributed by atoms with van der Waals surface area (Å²) in [5, 5.41) is 0.368. The van der Waals surface area contributed by atoms with Crippen LogP contribution in [0.5, 0.6) is 0 Å². The van der Waals surface area contributed by atoms with E-state index in [1.807, 2.05) is 4.90 Å². The third-order valence-corrected chi connectivity index (χ3v) is 5.68. The molecular weight excluding hydrogens is 402 g/mol. The molecule has 0 aliphatic carbocycles. The smallest absolute Gasteiger partial charge is 0.343 e. The van der Waals surface area contributed by atoms with Gasteiger partial charge < -0.3 is 15.4 Å². The van der Waals surface area contributed by atoms with Crippen molar-refractivity contribution in [1.29, 1.82) is 0 Å². The number of hydrogen-bond donors (Lipinski definition) is 1. The molecule has 0 unspecified atom stereocenters. The molecule has 2 N–H and O–H groups in total. The van der Waals surface area contributed by atoms with E-state index >= 15 is 0 Å². The van der Waals surface area contributed by atoms with E-state index in [-0.39, 0.29) is 29.6 Å². The SMILES string of the molecule is CCOC(=O)c1cnc(SCC(=O)N2CCN(Cc3cccc(C)c3)CC2)nc1N. The lowest BCUT2D eigenvalue weighted by Crippen LogP contribution is -2.48. The highest BCUT2D eigenvalue weighted by Gasteiger charge is 2.22. The number of amides is 1. The summed E-state index contributed by atoms with van der Waals surface area (Å²) in [6.07, 6.45) is 1.34. The van der Waals surface area contributed by atoms with E-state index in [0.29, 0.717) is 18.2 Å². The fourth-order valence-electron chi connectivity index (χ4n) is 3.26. The molecule has 2 aromatic rings. The van der Waals surface area contributed by atoms with Crippen LogP contribution in [0.1, 0.15) is 28.4 Å². The quantitative estimate of drug-likeness (QED) is 0.405. The van der Waals surface area contributed by atoms with Gasteiger partial charge in [0.05, 0.1) is 12.4 Å². The van der Waals surface area contributed by atoms with Gasteiger partial charge in [0.1, 0.15) is 11.4 Å². The zero-order valence-corrected chi connectivity index (χ0v) is 18.2. The monoisotopic (exact) mass is 429 g/mol. The summed E-state index contributed by atoms with van der Waals surface area (Å²) < 4.78 is 4.91. The molecule has 2 heterocycles. The Kier molecular flexibility index (Phi) is 7.64. The van der Waals surface area contributed by atoms with Gasteiger partial charge in [-0.3, -0.25) is 9.69 Å². The van der Waals surface area contributed by atoms with Crippen LogP contribution in [0, 0.1) is 6.92 Å². The number of nitrogen functional groups attached to an aromatic ring is 1. The van der Waals surface area contributed by atoms with Crippen molar-refractivity contribution < 1.29 is 14.3 Å². The predicted molar refractivity (Wildman–Crippen MR) is 116 cm³/mol. The van der Waals surface area contributed by atoms with Crippen LogP contribution in [0.2, 0.25) is 0 Å². The number of nitrogens with zero attached hydrogens (tertiary/aromatic N) is 4. The minimum absolute atomic E-state index is 0.0480. The molecule has 1 aromatic carbocycles. The normalized spacial score (nSPS) is 14.5. The van der Waals surface area contributed by atoms with Crippen LogP contribution < -0.4 is 5.73 Å². The van der Waals surface area contributed by atoms with Crippen LogP contribution in [0.4, 0.5) is 5.82 Å². The zero-order chi connectivity index (χ0) is 21.5. The molecular formula is C21H27N5O3S. The molecule has 8 nitrogen and oxygen atoms in total. The van der Waals surface area contributed by atoms with E-state index in [9.17, 15) is 9.59 Å². The fraction of sp³-hybridized carbons (Fsp3) is 0.429. The third-order valence-electron chi connectivity index (χ3n) is 4.83. The standard InChI is InChI=1S/C21H27N5O3S/c1-3-29-20(28)17-12-23-21(24-19(17)22)30-14-18(27)26-9-7-25(8-10-26)13-16-6-4-5-15(2)11-16/h4-6,11-12H,3,7-10,13-14H2,1-2H3,(H2,22,23,24). The molecule has 0 bridgehead atoms. The van der Waals surface area contributed by atoms with E-state index in [1.54, 1.807) is 6.92 Å². The number of carbonyl (C=O) groups is 2. The fourth-order valence-corrected chi connectivity index (χ4v) is 3.98.